The van der Waals surface area contributed by atoms with E-state index in [-0.39, 0.29) is 0 Å². The SMILES string of the molecule is CCCNc1nc(-c2cnn(C)c2)nc(C)c1C(C)C. The van der Waals surface area contributed by atoms with E-state index in [4.69, 9.17) is 4.98 Å². The Labute approximate surface area is 120 Å². The summed E-state index contributed by atoms with van der Waals surface area (Å²) in [6.45, 7) is 9.47. The summed E-state index contributed by atoms with van der Waals surface area (Å²) in [7, 11) is 1.90. The first-order chi connectivity index (χ1) is 9.52. The van der Waals surface area contributed by atoms with Gasteiger partial charge in [-0.1, -0.05) is 20.8 Å². The molecular formula is C15H23N5. The molecule has 0 aliphatic heterocycles. The third-order valence-corrected chi connectivity index (χ3v) is 3.22. The summed E-state index contributed by atoms with van der Waals surface area (Å²) in [4.78, 5) is 9.34. The highest BCUT2D eigenvalue weighted by molar-refractivity contribution is 5.59. The van der Waals surface area contributed by atoms with Crippen LogP contribution in [0.15, 0.2) is 12.4 Å². The van der Waals surface area contributed by atoms with Gasteiger partial charge < -0.3 is 5.32 Å². The van der Waals surface area contributed by atoms with E-state index in [1.807, 2.05) is 20.2 Å². The van der Waals surface area contributed by atoms with Crippen LogP contribution < -0.4 is 5.32 Å². The molecule has 5 heteroatoms. The molecule has 5 nitrogen and oxygen atoms in total. The Morgan fingerprint density at radius 1 is 1.30 bits per heavy atom. The molecule has 0 amide bonds. The summed E-state index contributed by atoms with van der Waals surface area (Å²) in [6.07, 6.45) is 4.81. The number of hydrogen-bond donors (Lipinski definition) is 1. The van der Waals surface area contributed by atoms with Crippen molar-refractivity contribution in [3.63, 3.8) is 0 Å². The Morgan fingerprint density at radius 2 is 2.05 bits per heavy atom. The maximum atomic E-state index is 4.70. The lowest BCUT2D eigenvalue weighted by Crippen LogP contribution is -2.10. The van der Waals surface area contributed by atoms with Crippen molar-refractivity contribution in [2.75, 3.05) is 11.9 Å². The molecule has 0 fully saturated rings. The molecule has 0 aromatic carbocycles. The Hall–Kier alpha value is -1.91. The number of nitrogens with zero attached hydrogens (tertiary/aromatic N) is 4. The van der Waals surface area contributed by atoms with Gasteiger partial charge in [-0.15, -0.1) is 0 Å². The van der Waals surface area contributed by atoms with Crippen molar-refractivity contribution >= 4 is 5.82 Å². The molecule has 0 bridgehead atoms. The fourth-order valence-electron chi connectivity index (χ4n) is 2.32. The van der Waals surface area contributed by atoms with Crippen molar-refractivity contribution < 1.29 is 0 Å². The highest BCUT2D eigenvalue weighted by atomic mass is 15.2. The number of anilines is 1. The summed E-state index contributed by atoms with van der Waals surface area (Å²) in [6, 6.07) is 0. The topological polar surface area (TPSA) is 55.6 Å². The Bertz CT molecular complexity index is 586. The van der Waals surface area contributed by atoms with Crippen LogP contribution in [0.2, 0.25) is 0 Å². The van der Waals surface area contributed by atoms with Crippen LogP contribution in [0, 0.1) is 6.92 Å². The van der Waals surface area contributed by atoms with Crippen LogP contribution in [-0.2, 0) is 7.05 Å². The highest BCUT2D eigenvalue weighted by Crippen LogP contribution is 2.27. The Morgan fingerprint density at radius 3 is 2.60 bits per heavy atom. The highest BCUT2D eigenvalue weighted by Gasteiger charge is 2.15. The van der Waals surface area contributed by atoms with Crippen molar-refractivity contribution in [1.29, 1.82) is 0 Å². The predicted octanol–water partition coefficient (Wildman–Crippen LogP) is 3.13. The molecule has 0 unspecified atom stereocenters. The normalized spacial score (nSPS) is 11.1. The third kappa shape index (κ3) is 2.98. The average Bonchev–Trinajstić information content (AvgIpc) is 2.81. The standard InChI is InChI=1S/C15H23N5/c1-6-7-16-15-13(10(2)3)11(4)18-14(19-15)12-8-17-20(5)9-12/h8-10H,6-7H2,1-5H3,(H,16,18,19). The van der Waals surface area contributed by atoms with Crippen molar-refractivity contribution in [3.8, 4) is 11.4 Å². The second kappa shape index (κ2) is 6.03. The number of nitrogens with one attached hydrogen (secondary N) is 1. The minimum atomic E-state index is 0.400. The van der Waals surface area contributed by atoms with E-state index in [2.05, 4.69) is 36.2 Å². The van der Waals surface area contributed by atoms with Crippen LogP contribution in [0.25, 0.3) is 11.4 Å². The second-order valence-corrected chi connectivity index (χ2v) is 5.38. The zero-order valence-electron chi connectivity index (χ0n) is 12.9. The molecule has 108 valence electrons. The molecule has 0 saturated carbocycles. The summed E-state index contributed by atoms with van der Waals surface area (Å²) < 4.78 is 1.77. The molecule has 0 atom stereocenters. The van der Waals surface area contributed by atoms with E-state index in [1.54, 1.807) is 10.9 Å². The number of aromatic nitrogens is 4. The monoisotopic (exact) mass is 273 g/mol. The molecule has 0 aliphatic carbocycles. The van der Waals surface area contributed by atoms with E-state index < -0.39 is 0 Å². The largest absolute Gasteiger partial charge is 0.370 e. The van der Waals surface area contributed by atoms with E-state index >= 15 is 0 Å². The van der Waals surface area contributed by atoms with Gasteiger partial charge in [0.2, 0.25) is 0 Å². The summed E-state index contributed by atoms with van der Waals surface area (Å²) in [5.41, 5.74) is 3.18. The van der Waals surface area contributed by atoms with E-state index in [1.165, 1.54) is 5.56 Å². The lowest BCUT2D eigenvalue weighted by molar-refractivity contribution is 0.768. The van der Waals surface area contributed by atoms with Gasteiger partial charge in [0.15, 0.2) is 5.82 Å². The van der Waals surface area contributed by atoms with Gasteiger partial charge in [0.25, 0.3) is 0 Å². The maximum Gasteiger partial charge on any atom is 0.164 e. The van der Waals surface area contributed by atoms with Crippen molar-refractivity contribution in [2.45, 2.75) is 40.0 Å². The van der Waals surface area contributed by atoms with Gasteiger partial charge in [-0.05, 0) is 19.3 Å². The Balaban J connectivity index is 2.48. The molecule has 0 spiro atoms. The quantitative estimate of drug-likeness (QED) is 0.909. The molecule has 0 saturated heterocycles. The van der Waals surface area contributed by atoms with Gasteiger partial charge in [0, 0.05) is 31.0 Å². The average molecular weight is 273 g/mol. The molecule has 20 heavy (non-hydrogen) atoms. The fourth-order valence-corrected chi connectivity index (χ4v) is 2.32. The van der Waals surface area contributed by atoms with Crippen molar-refractivity contribution in [1.82, 2.24) is 19.7 Å². The molecular weight excluding hydrogens is 250 g/mol. The van der Waals surface area contributed by atoms with E-state index in [0.29, 0.717) is 5.92 Å². The van der Waals surface area contributed by atoms with Crippen LogP contribution in [0.1, 0.15) is 44.4 Å². The first-order valence-corrected chi connectivity index (χ1v) is 7.14. The fraction of sp³-hybridized carbons (Fsp3) is 0.533. The summed E-state index contributed by atoms with van der Waals surface area (Å²) in [5.74, 6) is 2.09. The predicted molar refractivity (Wildman–Crippen MR) is 81.8 cm³/mol. The van der Waals surface area contributed by atoms with Crippen LogP contribution in [-0.4, -0.2) is 26.3 Å². The first kappa shape index (κ1) is 14.5. The van der Waals surface area contributed by atoms with Crippen molar-refractivity contribution in [3.05, 3.63) is 23.7 Å². The zero-order chi connectivity index (χ0) is 14.7. The van der Waals surface area contributed by atoms with Gasteiger partial charge >= 0.3 is 0 Å². The van der Waals surface area contributed by atoms with Gasteiger partial charge in [0.05, 0.1) is 11.8 Å². The van der Waals surface area contributed by atoms with E-state index in [0.717, 1.165) is 35.9 Å². The lowest BCUT2D eigenvalue weighted by atomic mass is 10.0. The molecule has 2 aromatic rings. The zero-order valence-corrected chi connectivity index (χ0v) is 12.9. The molecule has 2 heterocycles. The lowest BCUT2D eigenvalue weighted by Gasteiger charge is -2.16. The second-order valence-electron chi connectivity index (χ2n) is 5.38. The molecule has 0 aliphatic rings. The van der Waals surface area contributed by atoms with Gasteiger partial charge in [0.1, 0.15) is 5.82 Å². The smallest absolute Gasteiger partial charge is 0.164 e. The van der Waals surface area contributed by atoms with E-state index in [9.17, 15) is 0 Å². The number of aryl methyl sites for hydroxylation is 2. The molecule has 0 radical (unpaired) electrons. The van der Waals surface area contributed by atoms with Crippen LogP contribution in [0.5, 0.6) is 0 Å². The molecule has 2 aromatic heterocycles. The van der Waals surface area contributed by atoms with Crippen molar-refractivity contribution in [2.24, 2.45) is 7.05 Å². The third-order valence-electron chi connectivity index (χ3n) is 3.22. The molecule has 1 N–H and O–H groups in total. The summed E-state index contributed by atoms with van der Waals surface area (Å²) >= 11 is 0. The van der Waals surface area contributed by atoms with Gasteiger partial charge in [-0.3, -0.25) is 4.68 Å². The maximum absolute atomic E-state index is 4.70. The van der Waals surface area contributed by atoms with Gasteiger partial charge in [-0.25, -0.2) is 9.97 Å². The van der Waals surface area contributed by atoms with Crippen LogP contribution in [0.4, 0.5) is 5.82 Å². The van der Waals surface area contributed by atoms with Crippen LogP contribution >= 0.6 is 0 Å². The number of rotatable bonds is 5. The van der Waals surface area contributed by atoms with Gasteiger partial charge in [-0.2, -0.15) is 5.10 Å². The van der Waals surface area contributed by atoms with Crippen LogP contribution in [0.3, 0.4) is 0 Å². The summed E-state index contributed by atoms with van der Waals surface area (Å²) in [5, 5.41) is 7.61. The minimum absolute atomic E-state index is 0.400. The minimum Gasteiger partial charge on any atom is -0.370 e. The number of hydrogen-bond acceptors (Lipinski definition) is 4. The molecule has 2 rings (SSSR count). The Kier molecular flexibility index (Phi) is 4.37. The first-order valence-electron chi connectivity index (χ1n) is 7.14.